The van der Waals surface area contributed by atoms with Crippen molar-refractivity contribution < 1.29 is 27.5 Å². The molecule has 2 heterocycles. The Morgan fingerprint density at radius 3 is 2.59 bits per heavy atom. The van der Waals surface area contributed by atoms with Gasteiger partial charge in [-0.15, -0.1) is 0 Å². The Labute approximate surface area is 230 Å². The quantitative estimate of drug-likeness (QED) is 0.374. The molecule has 1 aliphatic rings. The van der Waals surface area contributed by atoms with Gasteiger partial charge in [-0.2, -0.15) is 0 Å². The standard InChI is InChI=1S/C26H29ClN4O7S/c1-16-23(25(33)31(30(16)3)18-8-5-4-6-9-18)29-39(35,36)20-11-12-22(27)21(14-20)26(34)38-17(2)24(32)28-15-19-10-7-13-37-19/h4-6,8-9,11-12,14,17,19,29H,7,10,13,15H2,1-3H3,(H,28,32)/t17-,19+/m0/s1. The highest BCUT2D eigenvalue weighted by atomic mass is 35.5. The van der Waals surface area contributed by atoms with E-state index in [0.717, 1.165) is 18.9 Å². The highest BCUT2D eigenvalue weighted by Gasteiger charge is 2.26. The Balaban J connectivity index is 1.52. The second kappa shape index (κ2) is 11.6. The minimum Gasteiger partial charge on any atom is -0.449 e. The fourth-order valence-corrected chi connectivity index (χ4v) is 5.48. The van der Waals surface area contributed by atoms with Crippen LogP contribution in [0.3, 0.4) is 0 Å². The molecule has 2 N–H and O–H groups in total. The molecular weight excluding hydrogens is 548 g/mol. The zero-order valence-corrected chi connectivity index (χ0v) is 23.2. The first-order valence-corrected chi connectivity index (χ1v) is 14.1. The fourth-order valence-electron chi connectivity index (χ4n) is 4.15. The van der Waals surface area contributed by atoms with Gasteiger partial charge < -0.3 is 14.8 Å². The fraction of sp³-hybridized carbons (Fsp3) is 0.346. The normalized spacial score (nSPS) is 16.1. The number of para-hydroxylation sites is 1. The lowest BCUT2D eigenvalue weighted by Crippen LogP contribution is -2.39. The number of carbonyl (C=O) groups excluding carboxylic acids is 2. The predicted molar refractivity (Wildman–Crippen MR) is 145 cm³/mol. The number of hydrogen-bond acceptors (Lipinski definition) is 7. The molecule has 1 aliphatic heterocycles. The summed E-state index contributed by atoms with van der Waals surface area (Å²) >= 11 is 6.16. The Kier molecular flexibility index (Phi) is 8.48. The Bertz CT molecular complexity index is 1540. The van der Waals surface area contributed by atoms with Gasteiger partial charge in [0.2, 0.25) is 0 Å². The van der Waals surface area contributed by atoms with Crippen molar-refractivity contribution in [1.82, 2.24) is 14.7 Å². The van der Waals surface area contributed by atoms with Gasteiger partial charge in [0.1, 0.15) is 5.69 Å². The molecule has 1 aromatic heterocycles. The number of hydrogen-bond donors (Lipinski definition) is 2. The van der Waals surface area contributed by atoms with E-state index in [1.807, 2.05) is 0 Å². The summed E-state index contributed by atoms with van der Waals surface area (Å²) in [6.07, 6.45) is 0.523. The Morgan fingerprint density at radius 1 is 1.21 bits per heavy atom. The van der Waals surface area contributed by atoms with E-state index in [0.29, 0.717) is 24.5 Å². The van der Waals surface area contributed by atoms with Gasteiger partial charge in [0.15, 0.2) is 6.10 Å². The highest BCUT2D eigenvalue weighted by molar-refractivity contribution is 7.92. The molecule has 0 aliphatic carbocycles. The molecule has 208 valence electrons. The van der Waals surface area contributed by atoms with E-state index in [9.17, 15) is 22.8 Å². The summed E-state index contributed by atoms with van der Waals surface area (Å²) in [4.78, 5) is 38.0. The van der Waals surface area contributed by atoms with Crippen LogP contribution in [0.4, 0.5) is 5.69 Å². The number of nitrogens with zero attached hydrogens (tertiary/aromatic N) is 2. The third-order valence-corrected chi connectivity index (χ3v) is 8.12. The van der Waals surface area contributed by atoms with Crippen molar-refractivity contribution >= 4 is 39.2 Å². The third kappa shape index (κ3) is 6.18. The molecule has 0 radical (unpaired) electrons. The summed E-state index contributed by atoms with van der Waals surface area (Å²) in [6, 6.07) is 12.2. The molecule has 2 aromatic carbocycles. The van der Waals surface area contributed by atoms with Crippen LogP contribution in [0.15, 0.2) is 58.2 Å². The lowest BCUT2D eigenvalue weighted by atomic mass is 10.2. The van der Waals surface area contributed by atoms with Crippen molar-refractivity contribution in [1.29, 1.82) is 0 Å². The summed E-state index contributed by atoms with van der Waals surface area (Å²) in [6.45, 7) is 3.94. The average molecular weight is 577 g/mol. The molecular formula is C26H29ClN4O7S. The maximum Gasteiger partial charge on any atom is 0.340 e. The molecule has 3 aromatic rings. The summed E-state index contributed by atoms with van der Waals surface area (Å²) in [5.41, 5.74) is -0.0177. The van der Waals surface area contributed by atoms with Gasteiger partial charge in [0.25, 0.3) is 21.5 Å². The number of aromatic nitrogens is 2. The van der Waals surface area contributed by atoms with Crippen molar-refractivity contribution in [3.05, 3.63) is 75.2 Å². The maximum absolute atomic E-state index is 13.3. The van der Waals surface area contributed by atoms with Crippen LogP contribution < -0.4 is 15.6 Å². The molecule has 0 spiro atoms. The van der Waals surface area contributed by atoms with Crippen molar-refractivity contribution in [2.24, 2.45) is 7.05 Å². The van der Waals surface area contributed by atoms with Crippen LogP contribution >= 0.6 is 11.6 Å². The van der Waals surface area contributed by atoms with Crippen LogP contribution in [0, 0.1) is 6.92 Å². The molecule has 0 saturated carbocycles. The first-order chi connectivity index (χ1) is 18.5. The summed E-state index contributed by atoms with van der Waals surface area (Å²) in [5.74, 6) is -1.49. The van der Waals surface area contributed by atoms with Crippen LogP contribution in [-0.2, 0) is 31.3 Å². The zero-order chi connectivity index (χ0) is 28.3. The van der Waals surface area contributed by atoms with Gasteiger partial charge >= 0.3 is 5.97 Å². The second-order valence-corrected chi connectivity index (χ2v) is 11.2. The van der Waals surface area contributed by atoms with E-state index in [1.54, 1.807) is 44.3 Å². The average Bonchev–Trinajstić information content (AvgIpc) is 3.50. The van der Waals surface area contributed by atoms with Crippen LogP contribution in [0.25, 0.3) is 5.69 Å². The van der Waals surface area contributed by atoms with Crippen LogP contribution in [0.5, 0.6) is 0 Å². The molecule has 39 heavy (non-hydrogen) atoms. The van der Waals surface area contributed by atoms with Gasteiger partial charge in [-0.25, -0.2) is 17.9 Å². The molecule has 2 atom stereocenters. The van der Waals surface area contributed by atoms with Crippen LogP contribution in [0.2, 0.25) is 5.02 Å². The van der Waals surface area contributed by atoms with Gasteiger partial charge in [0.05, 0.1) is 33.0 Å². The third-order valence-electron chi connectivity index (χ3n) is 6.44. The summed E-state index contributed by atoms with van der Waals surface area (Å²) < 4.78 is 42.4. The van der Waals surface area contributed by atoms with Crippen molar-refractivity contribution in [2.75, 3.05) is 17.9 Å². The number of carbonyl (C=O) groups is 2. The summed E-state index contributed by atoms with van der Waals surface area (Å²) in [5, 5.41) is 2.61. The van der Waals surface area contributed by atoms with Crippen molar-refractivity contribution in [3.8, 4) is 5.69 Å². The van der Waals surface area contributed by atoms with Crippen LogP contribution in [-0.4, -0.2) is 55.0 Å². The molecule has 1 amide bonds. The van der Waals surface area contributed by atoms with Gasteiger partial charge in [0, 0.05) is 20.2 Å². The van der Waals surface area contributed by atoms with E-state index >= 15 is 0 Å². The topological polar surface area (TPSA) is 138 Å². The number of rotatable bonds is 9. The molecule has 4 rings (SSSR count). The number of ether oxygens (including phenoxy) is 2. The predicted octanol–water partition coefficient (Wildman–Crippen LogP) is 2.78. The van der Waals surface area contributed by atoms with E-state index in [-0.39, 0.29) is 27.3 Å². The van der Waals surface area contributed by atoms with E-state index in [4.69, 9.17) is 21.1 Å². The zero-order valence-electron chi connectivity index (χ0n) is 21.6. The Hall–Kier alpha value is -3.61. The molecule has 11 nitrogen and oxygen atoms in total. The Morgan fingerprint density at radius 2 is 1.92 bits per heavy atom. The molecule has 13 heteroatoms. The number of anilines is 1. The maximum atomic E-state index is 13.3. The van der Waals surface area contributed by atoms with Gasteiger partial charge in [-0.05, 0) is 57.0 Å². The number of benzene rings is 2. The van der Waals surface area contributed by atoms with Crippen molar-refractivity contribution in [3.63, 3.8) is 0 Å². The van der Waals surface area contributed by atoms with Gasteiger partial charge in [-0.1, -0.05) is 29.8 Å². The molecule has 0 bridgehead atoms. The molecule has 1 fully saturated rings. The minimum absolute atomic E-state index is 0.0618. The molecule has 1 saturated heterocycles. The minimum atomic E-state index is -4.32. The first-order valence-electron chi connectivity index (χ1n) is 12.3. The lowest BCUT2D eigenvalue weighted by molar-refractivity contribution is -0.129. The second-order valence-electron chi connectivity index (χ2n) is 9.11. The summed E-state index contributed by atoms with van der Waals surface area (Å²) in [7, 11) is -2.68. The monoisotopic (exact) mass is 576 g/mol. The first kappa shape index (κ1) is 28.4. The lowest BCUT2D eigenvalue weighted by Gasteiger charge is -2.16. The van der Waals surface area contributed by atoms with Crippen molar-refractivity contribution in [2.45, 2.75) is 43.8 Å². The van der Waals surface area contributed by atoms with Crippen LogP contribution in [0.1, 0.15) is 35.8 Å². The number of halogens is 1. The van der Waals surface area contributed by atoms with E-state index < -0.39 is 33.6 Å². The molecule has 0 unspecified atom stereocenters. The number of amides is 1. The van der Waals surface area contributed by atoms with Gasteiger partial charge in [-0.3, -0.25) is 19.0 Å². The van der Waals surface area contributed by atoms with E-state index in [1.165, 1.54) is 28.4 Å². The number of esters is 1. The largest absolute Gasteiger partial charge is 0.449 e. The van der Waals surface area contributed by atoms with E-state index in [2.05, 4.69) is 10.0 Å². The smallest absolute Gasteiger partial charge is 0.340 e. The number of nitrogens with one attached hydrogen (secondary N) is 2. The highest BCUT2D eigenvalue weighted by Crippen LogP contribution is 2.24. The number of sulfonamides is 1. The SMILES string of the molecule is Cc1c(NS(=O)(=O)c2ccc(Cl)c(C(=O)O[C@@H](C)C(=O)NC[C@H]3CCCO3)c2)c(=O)n(-c2ccccc2)n1C.